The fourth-order valence-corrected chi connectivity index (χ4v) is 2.79. The van der Waals surface area contributed by atoms with E-state index >= 15 is 0 Å². The van der Waals surface area contributed by atoms with Gasteiger partial charge in [0.1, 0.15) is 0 Å². The third-order valence-corrected chi connectivity index (χ3v) is 4.10. The molecule has 0 saturated heterocycles. The topological polar surface area (TPSA) is 43.1 Å². The first-order valence-corrected chi connectivity index (χ1v) is 7.07. The van der Waals surface area contributed by atoms with Crippen molar-refractivity contribution in [1.82, 2.24) is 0 Å². The lowest BCUT2D eigenvalue weighted by atomic mass is 10.1. The average molecular weight is 291 g/mol. The number of nitrogens with two attached hydrogens (primary N) is 1. The molecule has 1 atom stereocenters. The van der Waals surface area contributed by atoms with Crippen molar-refractivity contribution in [2.45, 2.75) is 16.6 Å². The second-order valence-corrected chi connectivity index (χ2v) is 5.79. The molecule has 1 unspecified atom stereocenters. The van der Waals surface area contributed by atoms with Crippen LogP contribution in [0.2, 0.25) is 5.02 Å². The smallest absolute Gasteiger partial charge is 0.231 e. The number of amides is 1. The summed E-state index contributed by atoms with van der Waals surface area (Å²) >= 11 is 7.31. The second kappa shape index (κ2) is 6.64. The van der Waals surface area contributed by atoms with Gasteiger partial charge in [-0.15, -0.1) is 11.8 Å². The summed E-state index contributed by atoms with van der Waals surface area (Å²) in [6.45, 7) is 0. The molecular formula is C15H13ClNOS. The van der Waals surface area contributed by atoms with Gasteiger partial charge in [0.2, 0.25) is 5.91 Å². The Morgan fingerprint density at radius 2 is 1.84 bits per heavy atom. The minimum atomic E-state index is -0.312. The maximum Gasteiger partial charge on any atom is 0.231 e. The maximum atomic E-state index is 11.5. The van der Waals surface area contributed by atoms with Gasteiger partial charge in [-0.1, -0.05) is 35.9 Å². The lowest BCUT2D eigenvalue weighted by Crippen LogP contribution is -2.27. The van der Waals surface area contributed by atoms with Crippen LogP contribution in [0, 0.1) is 6.07 Å². The Morgan fingerprint density at radius 1 is 1.21 bits per heavy atom. The lowest BCUT2D eigenvalue weighted by molar-refractivity contribution is -0.117. The molecule has 19 heavy (non-hydrogen) atoms. The predicted octanol–water partition coefficient (Wildman–Crippen LogP) is 3.33. The summed E-state index contributed by atoms with van der Waals surface area (Å²) in [5.41, 5.74) is 6.51. The highest BCUT2D eigenvalue weighted by molar-refractivity contribution is 8.00. The van der Waals surface area contributed by atoms with Crippen molar-refractivity contribution >= 4 is 29.3 Å². The summed E-state index contributed by atoms with van der Waals surface area (Å²) < 4.78 is 0. The van der Waals surface area contributed by atoms with Gasteiger partial charge >= 0.3 is 0 Å². The molecule has 0 aliphatic carbocycles. The number of hydrogen-bond acceptors (Lipinski definition) is 2. The molecule has 0 aliphatic rings. The minimum absolute atomic E-state index is 0.288. The van der Waals surface area contributed by atoms with E-state index in [-0.39, 0.29) is 11.2 Å². The normalized spacial score (nSPS) is 12.1. The van der Waals surface area contributed by atoms with E-state index < -0.39 is 0 Å². The monoisotopic (exact) mass is 290 g/mol. The van der Waals surface area contributed by atoms with Crippen LogP contribution < -0.4 is 5.73 Å². The number of rotatable bonds is 5. The van der Waals surface area contributed by atoms with Crippen molar-refractivity contribution in [2.24, 2.45) is 5.73 Å². The van der Waals surface area contributed by atoms with E-state index in [1.807, 2.05) is 48.5 Å². The van der Waals surface area contributed by atoms with Crippen LogP contribution in [0.3, 0.4) is 0 Å². The van der Waals surface area contributed by atoms with Crippen molar-refractivity contribution in [2.75, 3.05) is 0 Å². The van der Waals surface area contributed by atoms with Crippen LogP contribution in [0.15, 0.2) is 53.4 Å². The molecule has 2 nitrogen and oxygen atoms in total. The standard InChI is InChI=1S/C15H13ClNOS/c16-12-8-6-11(7-9-12)10-14(15(17)18)19-13-4-2-1-3-5-13/h2-9,14H,10H2,(H2,17,18). The predicted molar refractivity (Wildman–Crippen MR) is 79.3 cm³/mol. The molecule has 2 rings (SSSR count). The molecule has 0 heterocycles. The summed E-state index contributed by atoms with van der Waals surface area (Å²) in [6, 6.07) is 17.9. The third kappa shape index (κ3) is 4.30. The van der Waals surface area contributed by atoms with Crippen molar-refractivity contribution in [3.63, 3.8) is 0 Å². The first kappa shape index (κ1) is 14.0. The zero-order chi connectivity index (χ0) is 13.7. The highest BCUT2D eigenvalue weighted by Gasteiger charge is 2.17. The van der Waals surface area contributed by atoms with E-state index in [2.05, 4.69) is 6.07 Å². The summed E-state index contributed by atoms with van der Waals surface area (Å²) in [5, 5.41) is 0.397. The Labute approximate surface area is 122 Å². The summed E-state index contributed by atoms with van der Waals surface area (Å²) in [5.74, 6) is -0.312. The number of halogens is 1. The molecule has 0 fully saturated rings. The van der Waals surface area contributed by atoms with Crippen LogP contribution in [0.4, 0.5) is 0 Å². The first-order chi connectivity index (χ1) is 9.15. The number of primary amides is 1. The van der Waals surface area contributed by atoms with Crippen LogP contribution in [0.25, 0.3) is 0 Å². The van der Waals surface area contributed by atoms with Crippen LogP contribution >= 0.6 is 23.4 Å². The molecule has 2 N–H and O–H groups in total. The number of thioether (sulfide) groups is 1. The van der Waals surface area contributed by atoms with Gasteiger partial charge in [0.05, 0.1) is 5.25 Å². The van der Waals surface area contributed by atoms with Gasteiger partial charge in [-0.05, 0) is 42.3 Å². The van der Waals surface area contributed by atoms with Gasteiger partial charge < -0.3 is 5.73 Å². The molecule has 0 bridgehead atoms. The average Bonchev–Trinajstić information content (AvgIpc) is 2.41. The number of carbonyl (C=O) groups is 1. The number of hydrogen-bond donors (Lipinski definition) is 1. The lowest BCUT2D eigenvalue weighted by Gasteiger charge is -2.13. The molecule has 0 aliphatic heterocycles. The third-order valence-electron chi connectivity index (χ3n) is 2.62. The van der Waals surface area contributed by atoms with E-state index in [1.165, 1.54) is 11.8 Å². The second-order valence-electron chi connectivity index (χ2n) is 4.08. The first-order valence-electron chi connectivity index (χ1n) is 5.81. The van der Waals surface area contributed by atoms with Crippen LogP contribution in [0.1, 0.15) is 5.56 Å². The van der Waals surface area contributed by atoms with Crippen LogP contribution in [-0.4, -0.2) is 11.2 Å². The molecular weight excluding hydrogens is 278 g/mol. The van der Waals surface area contributed by atoms with E-state index in [9.17, 15) is 4.79 Å². The van der Waals surface area contributed by atoms with Gasteiger partial charge in [-0.25, -0.2) is 0 Å². The Morgan fingerprint density at radius 3 is 2.42 bits per heavy atom. The highest BCUT2D eigenvalue weighted by Crippen LogP contribution is 2.25. The van der Waals surface area contributed by atoms with Gasteiger partial charge in [0.15, 0.2) is 0 Å². The molecule has 0 spiro atoms. The zero-order valence-electron chi connectivity index (χ0n) is 10.2. The van der Waals surface area contributed by atoms with Crippen molar-refractivity contribution in [3.8, 4) is 0 Å². The Kier molecular flexibility index (Phi) is 4.88. The van der Waals surface area contributed by atoms with E-state index in [1.54, 1.807) is 0 Å². The van der Waals surface area contributed by atoms with Crippen molar-refractivity contribution in [1.29, 1.82) is 0 Å². The van der Waals surface area contributed by atoms with E-state index in [0.29, 0.717) is 11.4 Å². The quantitative estimate of drug-likeness (QED) is 0.858. The maximum absolute atomic E-state index is 11.5. The molecule has 1 radical (unpaired) electrons. The largest absolute Gasteiger partial charge is 0.369 e. The summed E-state index contributed by atoms with van der Waals surface area (Å²) in [4.78, 5) is 12.6. The molecule has 4 heteroatoms. The molecule has 97 valence electrons. The SMILES string of the molecule is NC(=O)C(Cc1ccc(Cl)cc1)Sc1cc[c]cc1. The summed E-state index contributed by atoms with van der Waals surface area (Å²) in [7, 11) is 0. The van der Waals surface area contributed by atoms with Crippen molar-refractivity contribution in [3.05, 3.63) is 65.2 Å². The zero-order valence-corrected chi connectivity index (χ0v) is 11.7. The minimum Gasteiger partial charge on any atom is -0.369 e. The fourth-order valence-electron chi connectivity index (χ4n) is 1.65. The van der Waals surface area contributed by atoms with Gasteiger partial charge in [-0.3, -0.25) is 4.79 Å². The molecule has 0 saturated carbocycles. The van der Waals surface area contributed by atoms with Gasteiger partial charge in [-0.2, -0.15) is 0 Å². The van der Waals surface area contributed by atoms with Gasteiger partial charge in [0, 0.05) is 9.92 Å². The summed E-state index contributed by atoms with van der Waals surface area (Å²) in [6.07, 6.45) is 0.593. The van der Waals surface area contributed by atoms with Crippen LogP contribution in [0.5, 0.6) is 0 Å². The van der Waals surface area contributed by atoms with E-state index in [4.69, 9.17) is 17.3 Å². The van der Waals surface area contributed by atoms with E-state index in [0.717, 1.165) is 10.5 Å². The fraction of sp³-hybridized carbons (Fsp3) is 0.133. The molecule has 1 amide bonds. The Bertz CT molecular complexity index is 542. The van der Waals surface area contributed by atoms with Gasteiger partial charge in [0.25, 0.3) is 0 Å². The number of carbonyl (C=O) groups excluding carboxylic acids is 1. The van der Waals surface area contributed by atoms with Crippen molar-refractivity contribution < 1.29 is 4.79 Å². The Balaban J connectivity index is 2.08. The Hall–Kier alpha value is -1.45. The molecule has 2 aromatic carbocycles. The molecule has 0 aromatic heterocycles. The molecule has 2 aromatic rings. The highest BCUT2D eigenvalue weighted by atomic mass is 35.5. The van der Waals surface area contributed by atoms with Crippen LogP contribution in [-0.2, 0) is 11.2 Å². The number of benzene rings is 2.